The highest BCUT2D eigenvalue weighted by Gasteiger charge is 2.16. The van der Waals surface area contributed by atoms with Crippen LogP contribution >= 0.6 is 0 Å². The SMILES string of the molecule is C#CC(c1ccccc1)n1c(=O)ccc2cnc(Nc3ccccc3)nc21. The van der Waals surface area contributed by atoms with Gasteiger partial charge in [0.15, 0.2) is 0 Å². The Bertz CT molecular complexity index is 1180. The number of nitrogens with zero attached hydrogens (tertiary/aromatic N) is 3. The highest BCUT2D eigenvalue weighted by atomic mass is 16.1. The summed E-state index contributed by atoms with van der Waals surface area (Å²) in [6, 6.07) is 21.8. The number of anilines is 2. The van der Waals surface area contributed by atoms with Crippen LogP contribution in [-0.2, 0) is 0 Å². The molecular weight excluding hydrogens is 336 g/mol. The predicted octanol–water partition coefficient (Wildman–Crippen LogP) is 3.76. The van der Waals surface area contributed by atoms with Gasteiger partial charge in [0.1, 0.15) is 11.7 Å². The zero-order valence-electron chi connectivity index (χ0n) is 14.4. The molecule has 0 saturated carbocycles. The van der Waals surface area contributed by atoms with Crippen LogP contribution in [0.2, 0.25) is 0 Å². The molecule has 0 saturated heterocycles. The summed E-state index contributed by atoms with van der Waals surface area (Å²) in [6.45, 7) is 0. The van der Waals surface area contributed by atoms with Gasteiger partial charge in [-0.1, -0.05) is 54.5 Å². The number of fused-ring (bicyclic) bond motifs is 1. The van der Waals surface area contributed by atoms with Crippen molar-refractivity contribution >= 4 is 22.7 Å². The van der Waals surface area contributed by atoms with Gasteiger partial charge in [0.05, 0.1) is 0 Å². The van der Waals surface area contributed by atoms with Gasteiger partial charge in [-0.3, -0.25) is 9.36 Å². The molecule has 0 aliphatic carbocycles. The van der Waals surface area contributed by atoms with E-state index in [0.717, 1.165) is 16.6 Å². The van der Waals surface area contributed by atoms with Crippen LogP contribution in [0.15, 0.2) is 83.8 Å². The first kappa shape index (κ1) is 16.6. The number of benzene rings is 2. The highest BCUT2D eigenvalue weighted by Crippen LogP contribution is 2.21. The van der Waals surface area contributed by atoms with Gasteiger partial charge in [-0.05, 0) is 23.8 Å². The lowest BCUT2D eigenvalue weighted by Crippen LogP contribution is -2.25. The van der Waals surface area contributed by atoms with Crippen molar-refractivity contribution in [3.05, 3.63) is 94.9 Å². The molecule has 5 nitrogen and oxygen atoms in total. The van der Waals surface area contributed by atoms with Crippen LogP contribution in [-0.4, -0.2) is 14.5 Å². The second kappa shape index (κ2) is 7.14. The van der Waals surface area contributed by atoms with E-state index in [1.807, 2.05) is 60.7 Å². The molecule has 1 N–H and O–H groups in total. The Balaban J connectivity index is 1.86. The molecule has 27 heavy (non-hydrogen) atoms. The molecule has 1 unspecified atom stereocenters. The average molecular weight is 352 g/mol. The van der Waals surface area contributed by atoms with Gasteiger partial charge in [0, 0.05) is 23.3 Å². The minimum absolute atomic E-state index is 0.210. The molecule has 0 fully saturated rings. The Morgan fingerprint density at radius 3 is 2.37 bits per heavy atom. The topological polar surface area (TPSA) is 59.8 Å². The molecule has 5 heteroatoms. The maximum Gasteiger partial charge on any atom is 0.253 e. The summed E-state index contributed by atoms with van der Waals surface area (Å²) in [7, 11) is 0. The van der Waals surface area contributed by atoms with E-state index in [1.54, 1.807) is 12.3 Å². The molecular formula is C22H16N4O. The fourth-order valence-corrected chi connectivity index (χ4v) is 2.95. The van der Waals surface area contributed by atoms with Crippen molar-refractivity contribution in [1.29, 1.82) is 0 Å². The third kappa shape index (κ3) is 3.29. The molecule has 1 atom stereocenters. The summed E-state index contributed by atoms with van der Waals surface area (Å²) in [4.78, 5) is 21.6. The maximum atomic E-state index is 12.7. The van der Waals surface area contributed by atoms with Crippen molar-refractivity contribution in [2.75, 3.05) is 5.32 Å². The van der Waals surface area contributed by atoms with Crippen LogP contribution < -0.4 is 10.9 Å². The van der Waals surface area contributed by atoms with Gasteiger partial charge >= 0.3 is 0 Å². The van der Waals surface area contributed by atoms with Crippen molar-refractivity contribution in [2.45, 2.75) is 6.04 Å². The van der Waals surface area contributed by atoms with Crippen molar-refractivity contribution in [3.63, 3.8) is 0 Å². The van der Waals surface area contributed by atoms with Crippen molar-refractivity contribution in [3.8, 4) is 12.3 Å². The third-order valence-corrected chi connectivity index (χ3v) is 4.23. The lowest BCUT2D eigenvalue weighted by Gasteiger charge is -2.17. The Morgan fingerprint density at radius 1 is 0.963 bits per heavy atom. The predicted molar refractivity (Wildman–Crippen MR) is 107 cm³/mol. The van der Waals surface area contributed by atoms with E-state index in [4.69, 9.17) is 6.42 Å². The van der Waals surface area contributed by atoms with E-state index in [-0.39, 0.29) is 5.56 Å². The fraction of sp³-hybridized carbons (Fsp3) is 0.0455. The van der Waals surface area contributed by atoms with Crippen LogP contribution in [0.5, 0.6) is 0 Å². The van der Waals surface area contributed by atoms with Crippen LogP contribution in [0.1, 0.15) is 11.6 Å². The van der Waals surface area contributed by atoms with Crippen LogP contribution in [0.25, 0.3) is 11.0 Å². The average Bonchev–Trinajstić information content (AvgIpc) is 2.72. The van der Waals surface area contributed by atoms with Crippen LogP contribution in [0, 0.1) is 12.3 Å². The zero-order valence-corrected chi connectivity index (χ0v) is 14.4. The van der Waals surface area contributed by atoms with Crippen molar-refractivity contribution in [1.82, 2.24) is 14.5 Å². The number of aromatic nitrogens is 3. The fourth-order valence-electron chi connectivity index (χ4n) is 2.95. The molecule has 4 aromatic rings. The second-order valence-electron chi connectivity index (χ2n) is 5.99. The van der Waals surface area contributed by atoms with Crippen LogP contribution in [0.3, 0.4) is 0 Å². The Kier molecular flexibility index (Phi) is 4.38. The van der Waals surface area contributed by atoms with Gasteiger partial charge in [-0.25, -0.2) is 4.98 Å². The van der Waals surface area contributed by atoms with Gasteiger partial charge < -0.3 is 5.32 Å². The molecule has 0 aliphatic rings. The molecule has 130 valence electrons. The van der Waals surface area contributed by atoms with Crippen LogP contribution in [0.4, 0.5) is 11.6 Å². The van der Waals surface area contributed by atoms with E-state index in [9.17, 15) is 4.79 Å². The molecule has 2 aromatic carbocycles. The molecule has 0 bridgehead atoms. The van der Waals surface area contributed by atoms with E-state index in [1.165, 1.54) is 10.6 Å². The second-order valence-corrected chi connectivity index (χ2v) is 5.99. The Morgan fingerprint density at radius 2 is 1.67 bits per heavy atom. The largest absolute Gasteiger partial charge is 0.324 e. The summed E-state index contributed by atoms with van der Waals surface area (Å²) in [5.41, 5.74) is 1.99. The maximum absolute atomic E-state index is 12.7. The minimum atomic E-state index is -0.554. The number of hydrogen-bond donors (Lipinski definition) is 1. The van der Waals surface area contributed by atoms with Crippen molar-refractivity contribution in [2.24, 2.45) is 0 Å². The van der Waals surface area contributed by atoms with Gasteiger partial charge in [0.25, 0.3) is 5.56 Å². The van der Waals surface area contributed by atoms with Crippen molar-refractivity contribution < 1.29 is 0 Å². The van der Waals surface area contributed by atoms with Gasteiger partial charge in [0.2, 0.25) is 5.95 Å². The van der Waals surface area contributed by atoms with Gasteiger partial charge in [-0.2, -0.15) is 4.98 Å². The first-order valence-corrected chi connectivity index (χ1v) is 8.48. The number of rotatable bonds is 4. The summed E-state index contributed by atoms with van der Waals surface area (Å²) in [6.07, 6.45) is 7.47. The molecule has 0 aliphatic heterocycles. The summed E-state index contributed by atoms with van der Waals surface area (Å²) in [5, 5.41) is 3.89. The smallest absolute Gasteiger partial charge is 0.253 e. The Labute approximate surface area is 156 Å². The van der Waals surface area contributed by atoms with Gasteiger partial charge in [-0.15, -0.1) is 6.42 Å². The third-order valence-electron chi connectivity index (χ3n) is 4.23. The number of pyridine rings is 1. The molecule has 0 radical (unpaired) electrons. The molecule has 0 amide bonds. The summed E-state index contributed by atoms with van der Waals surface area (Å²) in [5.74, 6) is 3.12. The van der Waals surface area contributed by atoms with E-state index >= 15 is 0 Å². The van der Waals surface area contributed by atoms with E-state index in [0.29, 0.717) is 11.6 Å². The minimum Gasteiger partial charge on any atom is -0.324 e. The molecule has 2 heterocycles. The quantitative estimate of drug-likeness (QED) is 0.568. The lowest BCUT2D eigenvalue weighted by atomic mass is 10.1. The molecule has 0 spiro atoms. The Hall–Kier alpha value is -3.91. The zero-order chi connectivity index (χ0) is 18.6. The lowest BCUT2D eigenvalue weighted by molar-refractivity contribution is 0.710. The summed E-state index contributed by atoms with van der Waals surface area (Å²) < 4.78 is 1.53. The first-order chi connectivity index (χ1) is 13.3. The normalized spacial score (nSPS) is 11.7. The summed E-state index contributed by atoms with van der Waals surface area (Å²) >= 11 is 0. The standard InChI is InChI=1S/C22H16N4O/c1-2-19(16-9-5-3-6-10-16)26-20(27)14-13-17-15-23-22(25-21(17)26)24-18-11-7-4-8-12-18/h1,3-15,19H,(H,23,24,25). The van der Waals surface area contributed by atoms with E-state index < -0.39 is 6.04 Å². The monoisotopic (exact) mass is 352 g/mol. The highest BCUT2D eigenvalue weighted by molar-refractivity contribution is 5.76. The molecule has 4 rings (SSSR count). The van der Waals surface area contributed by atoms with E-state index in [2.05, 4.69) is 21.2 Å². The number of terminal acetylenes is 1. The number of nitrogens with one attached hydrogen (secondary N) is 1. The molecule has 2 aromatic heterocycles. The number of para-hydroxylation sites is 1. The number of hydrogen-bond acceptors (Lipinski definition) is 4. The first-order valence-electron chi connectivity index (χ1n) is 8.48.